The van der Waals surface area contributed by atoms with Crippen LogP contribution in [0.5, 0.6) is 11.5 Å². The summed E-state index contributed by atoms with van der Waals surface area (Å²) >= 11 is 23.5. The quantitative estimate of drug-likeness (QED) is 0.309. The summed E-state index contributed by atoms with van der Waals surface area (Å²) in [6.45, 7) is 3.94. The lowest BCUT2D eigenvalue weighted by Gasteiger charge is -2.28. The number of halogens is 3. The lowest BCUT2D eigenvalue weighted by Crippen LogP contribution is -2.56. The van der Waals surface area contributed by atoms with Gasteiger partial charge in [0.05, 0.1) is 14.2 Å². The van der Waals surface area contributed by atoms with Crippen molar-refractivity contribution in [3.8, 4) is 11.5 Å². The molecule has 10 heteroatoms. The molecule has 162 valence electrons. The Balaban J connectivity index is 2.14. The number of carbonyl (C=O) groups is 1. The molecule has 0 saturated carbocycles. The smallest absolute Gasteiger partial charge is 0.253 e. The molecular formula is C20H22Cl3N3O3S. The third kappa shape index (κ3) is 6.54. The van der Waals surface area contributed by atoms with Gasteiger partial charge in [0.2, 0.25) is 3.79 Å². The molecule has 0 bridgehead atoms. The molecule has 0 radical (unpaired) electrons. The first-order chi connectivity index (χ1) is 14.0. The molecule has 0 fully saturated rings. The predicted octanol–water partition coefficient (Wildman–Crippen LogP) is 4.73. The second kappa shape index (κ2) is 10.4. The zero-order chi connectivity index (χ0) is 22.5. The summed E-state index contributed by atoms with van der Waals surface area (Å²) in [7, 11) is 2.98. The van der Waals surface area contributed by atoms with Gasteiger partial charge in [-0.1, -0.05) is 52.5 Å². The number of thiocarbonyl (C=S) groups is 1. The first-order valence-electron chi connectivity index (χ1n) is 8.79. The Morgan fingerprint density at radius 2 is 1.67 bits per heavy atom. The normalized spacial score (nSPS) is 12.0. The van der Waals surface area contributed by atoms with Crippen molar-refractivity contribution in [3.05, 3.63) is 53.1 Å². The molecule has 0 aliphatic carbocycles. The van der Waals surface area contributed by atoms with Crippen LogP contribution in [0.2, 0.25) is 0 Å². The van der Waals surface area contributed by atoms with Crippen LogP contribution in [0.25, 0.3) is 0 Å². The Kier molecular flexibility index (Phi) is 8.43. The molecule has 2 aromatic rings. The van der Waals surface area contributed by atoms with Crippen molar-refractivity contribution in [1.82, 2.24) is 10.6 Å². The van der Waals surface area contributed by atoms with Crippen molar-refractivity contribution in [2.24, 2.45) is 0 Å². The van der Waals surface area contributed by atoms with Crippen molar-refractivity contribution in [2.75, 3.05) is 19.5 Å². The van der Waals surface area contributed by atoms with E-state index in [0.717, 1.165) is 16.8 Å². The minimum Gasteiger partial charge on any atom is -0.493 e. The fourth-order valence-electron chi connectivity index (χ4n) is 2.63. The van der Waals surface area contributed by atoms with E-state index in [4.69, 9.17) is 56.5 Å². The Labute approximate surface area is 196 Å². The third-order valence-electron chi connectivity index (χ3n) is 4.15. The minimum atomic E-state index is -1.87. The maximum absolute atomic E-state index is 12.7. The van der Waals surface area contributed by atoms with Crippen LogP contribution in [0.1, 0.15) is 21.5 Å². The number of hydrogen-bond donors (Lipinski definition) is 3. The Hall–Kier alpha value is -1.93. The number of alkyl halides is 3. The van der Waals surface area contributed by atoms with E-state index in [2.05, 4.69) is 16.0 Å². The maximum atomic E-state index is 12.7. The minimum absolute atomic E-state index is 0.186. The molecule has 0 heterocycles. The highest BCUT2D eigenvalue weighted by Crippen LogP contribution is 2.30. The second-order valence-electron chi connectivity index (χ2n) is 6.43. The van der Waals surface area contributed by atoms with Crippen molar-refractivity contribution in [2.45, 2.75) is 23.8 Å². The van der Waals surface area contributed by atoms with Crippen LogP contribution in [0.3, 0.4) is 0 Å². The van der Waals surface area contributed by atoms with E-state index in [9.17, 15) is 4.79 Å². The van der Waals surface area contributed by atoms with Crippen LogP contribution in [0.15, 0.2) is 36.4 Å². The highest BCUT2D eigenvalue weighted by Gasteiger charge is 2.35. The lowest BCUT2D eigenvalue weighted by molar-refractivity contribution is 0.0934. The van der Waals surface area contributed by atoms with Crippen LogP contribution in [-0.4, -0.2) is 35.2 Å². The molecule has 0 aliphatic heterocycles. The summed E-state index contributed by atoms with van der Waals surface area (Å²) in [5, 5.41) is 8.70. The highest BCUT2D eigenvalue weighted by atomic mass is 35.6. The molecule has 0 saturated heterocycles. The van der Waals surface area contributed by atoms with E-state index in [-0.39, 0.29) is 5.11 Å². The predicted molar refractivity (Wildman–Crippen MR) is 126 cm³/mol. The van der Waals surface area contributed by atoms with Gasteiger partial charge in [-0.25, -0.2) is 0 Å². The van der Waals surface area contributed by atoms with Gasteiger partial charge in [0.1, 0.15) is 6.17 Å². The molecule has 1 atom stereocenters. The molecule has 30 heavy (non-hydrogen) atoms. The number of carbonyl (C=O) groups excluding carboxylic acids is 1. The zero-order valence-corrected chi connectivity index (χ0v) is 19.9. The van der Waals surface area contributed by atoms with Crippen LogP contribution < -0.4 is 25.4 Å². The molecular weight excluding hydrogens is 469 g/mol. The van der Waals surface area contributed by atoms with Gasteiger partial charge in [-0.2, -0.15) is 0 Å². The largest absolute Gasteiger partial charge is 0.493 e. The van der Waals surface area contributed by atoms with Crippen molar-refractivity contribution in [1.29, 1.82) is 0 Å². The molecule has 6 nitrogen and oxygen atoms in total. The van der Waals surface area contributed by atoms with Crippen LogP contribution in [-0.2, 0) is 0 Å². The van der Waals surface area contributed by atoms with Gasteiger partial charge in [0.25, 0.3) is 5.91 Å². The number of hydrogen-bond acceptors (Lipinski definition) is 4. The van der Waals surface area contributed by atoms with E-state index in [1.807, 2.05) is 32.0 Å². The van der Waals surface area contributed by atoms with Gasteiger partial charge >= 0.3 is 0 Å². The van der Waals surface area contributed by atoms with E-state index in [1.165, 1.54) is 20.3 Å². The number of nitrogens with one attached hydrogen (secondary N) is 3. The topological polar surface area (TPSA) is 71.6 Å². The molecule has 3 N–H and O–H groups in total. The number of methoxy groups -OCH3 is 2. The summed E-state index contributed by atoms with van der Waals surface area (Å²) in [6.07, 6.45) is -1.10. The van der Waals surface area contributed by atoms with Gasteiger partial charge in [-0.15, -0.1) is 0 Å². The van der Waals surface area contributed by atoms with E-state index in [1.54, 1.807) is 12.1 Å². The van der Waals surface area contributed by atoms with E-state index < -0.39 is 15.9 Å². The maximum Gasteiger partial charge on any atom is 0.253 e. The number of rotatable bonds is 6. The van der Waals surface area contributed by atoms with Gasteiger partial charge in [0.15, 0.2) is 16.6 Å². The first kappa shape index (κ1) is 24.3. The summed E-state index contributed by atoms with van der Waals surface area (Å²) in [6, 6.07) is 10.6. The summed E-state index contributed by atoms with van der Waals surface area (Å²) in [5.74, 6) is 0.397. The van der Waals surface area contributed by atoms with Crippen LogP contribution in [0, 0.1) is 13.8 Å². The first-order valence-corrected chi connectivity index (χ1v) is 10.3. The van der Waals surface area contributed by atoms with Crippen LogP contribution >= 0.6 is 47.0 Å². The van der Waals surface area contributed by atoms with Crippen molar-refractivity contribution < 1.29 is 14.3 Å². The Morgan fingerprint density at radius 3 is 2.23 bits per heavy atom. The molecule has 0 spiro atoms. The Bertz CT molecular complexity index is 935. The van der Waals surface area contributed by atoms with E-state index in [0.29, 0.717) is 17.1 Å². The average Bonchev–Trinajstić information content (AvgIpc) is 2.68. The Morgan fingerprint density at radius 1 is 1.00 bits per heavy atom. The molecule has 2 rings (SSSR count). The molecule has 0 unspecified atom stereocenters. The van der Waals surface area contributed by atoms with Crippen molar-refractivity contribution in [3.63, 3.8) is 0 Å². The van der Waals surface area contributed by atoms with Crippen molar-refractivity contribution >= 4 is 63.7 Å². The molecule has 1 amide bonds. The fourth-order valence-corrected chi connectivity index (χ4v) is 3.19. The summed E-state index contributed by atoms with van der Waals surface area (Å²) in [4.78, 5) is 12.7. The molecule has 2 aromatic carbocycles. The lowest BCUT2D eigenvalue weighted by atomic mass is 10.1. The number of anilines is 1. The van der Waals surface area contributed by atoms with Gasteiger partial charge in [-0.05, 0) is 55.9 Å². The summed E-state index contributed by atoms with van der Waals surface area (Å²) < 4.78 is 8.52. The SMILES string of the molecule is COc1ccc(C(=O)N[C@@H](NC(=S)Nc2ccc(C)cc2C)C(Cl)(Cl)Cl)cc1OC. The summed E-state index contributed by atoms with van der Waals surface area (Å²) in [5.41, 5.74) is 3.21. The fraction of sp³-hybridized carbons (Fsp3) is 0.300. The van der Waals surface area contributed by atoms with E-state index >= 15 is 0 Å². The van der Waals surface area contributed by atoms with Gasteiger partial charge < -0.3 is 25.4 Å². The highest BCUT2D eigenvalue weighted by molar-refractivity contribution is 7.80. The van der Waals surface area contributed by atoms with Crippen LogP contribution in [0.4, 0.5) is 5.69 Å². The number of benzene rings is 2. The second-order valence-corrected chi connectivity index (χ2v) is 9.21. The number of aryl methyl sites for hydroxylation is 2. The number of amides is 1. The van der Waals surface area contributed by atoms with Gasteiger partial charge in [-0.3, -0.25) is 4.79 Å². The molecule has 0 aliphatic rings. The standard InChI is InChI=1S/C20H22Cl3N3O3S/c1-11-5-7-14(12(2)9-11)24-19(30)26-18(20(21,22)23)25-17(27)13-6-8-15(28-3)16(10-13)29-4/h5-10,18H,1-4H3,(H,25,27)(H2,24,26,30)/t18-/m0/s1. The third-order valence-corrected chi connectivity index (χ3v) is 5.03. The average molecular weight is 491 g/mol. The monoisotopic (exact) mass is 489 g/mol. The number of ether oxygens (including phenoxy) is 2. The zero-order valence-electron chi connectivity index (χ0n) is 16.8. The van der Waals surface area contributed by atoms with Gasteiger partial charge in [0, 0.05) is 11.3 Å². The molecule has 0 aromatic heterocycles.